The topological polar surface area (TPSA) is 0 Å². The molecule has 0 aromatic heterocycles. The SMILES string of the molecule is [Cl-].c1ccc2c(c1)[I+]2. The Balaban J connectivity index is 0.000000320. The van der Waals surface area contributed by atoms with Crippen LogP contribution in [-0.2, 0) is 0 Å². The highest BCUT2D eigenvalue weighted by Gasteiger charge is 2.39. The van der Waals surface area contributed by atoms with Gasteiger partial charge in [-0.05, 0) is 12.1 Å². The Morgan fingerprint density at radius 1 is 1.00 bits per heavy atom. The Kier molecular flexibility index (Phi) is 1.77. The van der Waals surface area contributed by atoms with Crippen molar-refractivity contribution in [1.29, 1.82) is 0 Å². The van der Waals surface area contributed by atoms with Crippen LogP contribution in [0.3, 0.4) is 0 Å². The summed E-state index contributed by atoms with van der Waals surface area (Å²) in [6, 6.07) is 8.68. The van der Waals surface area contributed by atoms with E-state index < -0.39 is 0 Å². The molecule has 2 heteroatoms. The zero-order valence-electron chi connectivity index (χ0n) is 4.07. The highest BCUT2D eigenvalue weighted by Crippen LogP contribution is 1.89. The van der Waals surface area contributed by atoms with Gasteiger partial charge in [-0.15, -0.1) is 0 Å². The van der Waals surface area contributed by atoms with E-state index in [0.29, 0.717) is 21.2 Å². The second kappa shape index (κ2) is 2.23. The van der Waals surface area contributed by atoms with Crippen molar-refractivity contribution < 1.29 is 33.6 Å². The van der Waals surface area contributed by atoms with Crippen LogP contribution in [0.5, 0.6) is 0 Å². The Morgan fingerprint density at radius 2 is 1.50 bits per heavy atom. The molecule has 1 aromatic rings. The average Bonchev–Trinajstić information content (AvgIpc) is 2.41. The summed E-state index contributed by atoms with van der Waals surface area (Å²) in [4.78, 5) is 0. The Hall–Kier alpha value is 0.240. The predicted octanol–water partition coefficient (Wildman–Crippen LogP) is -4.87. The Labute approximate surface area is 65.0 Å². The third kappa shape index (κ3) is 0.977. The van der Waals surface area contributed by atoms with Gasteiger partial charge in [0.05, 0.1) is 0 Å². The molecule has 0 atom stereocenters. The van der Waals surface area contributed by atoms with Crippen molar-refractivity contribution in [2.75, 3.05) is 0 Å². The van der Waals surface area contributed by atoms with Crippen molar-refractivity contribution in [3.8, 4) is 0 Å². The first kappa shape index (κ1) is 6.36. The monoisotopic (exact) mass is 238 g/mol. The molecule has 1 aliphatic rings. The van der Waals surface area contributed by atoms with Gasteiger partial charge in [0.1, 0.15) is 0 Å². The van der Waals surface area contributed by atoms with E-state index in [1.165, 1.54) is 0 Å². The van der Waals surface area contributed by atoms with Gasteiger partial charge >= 0.3 is 21.2 Å². The zero-order chi connectivity index (χ0) is 4.69. The molecule has 1 aromatic carbocycles. The van der Waals surface area contributed by atoms with Crippen molar-refractivity contribution in [3.63, 3.8) is 0 Å². The lowest BCUT2D eigenvalue weighted by Crippen LogP contribution is -3.48. The minimum Gasteiger partial charge on any atom is -1.00 e. The maximum absolute atomic E-state index is 2.22. The van der Waals surface area contributed by atoms with Gasteiger partial charge in [0.2, 0.25) is 7.14 Å². The third-order valence-corrected chi connectivity index (χ3v) is 3.50. The smallest absolute Gasteiger partial charge is 0.368 e. The molecule has 0 N–H and O–H groups in total. The normalized spacial score (nSPS) is 11.5. The summed E-state index contributed by atoms with van der Waals surface area (Å²) in [5, 5.41) is 0. The molecule has 2 rings (SSSR count). The molecule has 0 radical (unpaired) electrons. The van der Waals surface area contributed by atoms with Crippen LogP contribution < -0.4 is 33.6 Å². The largest absolute Gasteiger partial charge is 1.00 e. The van der Waals surface area contributed by atoms with Crippen LogP contribution >= 0.6 is 0 Å². The van der Waals surface area contributed by atoms with E-state index in [1.54, 1.807) is 7.14 Å². The summed E-state index contributed by atoms with van der Waals surface area (Å²) < 4.78 is 3.28. The minimum atomic E-state index is 0. The standard InChI is InChI=1S/C6H4I.ClH/c1-2-4-6-5(3-1)7-6;/h1-4H;1H/q+1;/p-1. The van der Waals surface area contributed by atoms with Gasteiger partial charge < -0.3 is 12.4 Å². The van der Waals surface area contributed by atoms with E-state index in [4.69, 9.17) is 0 Å². The molecular weight excluding hydrogens is 234 g/mol. The fraction of sp³-hybridized carbons (Fsp3) is 0. The fourth-order valence-electron chi connectivity index (χ4n) is 0.588. The molecule has 0 saturated carbocycles. The molecule has 0 aliphatic carbocycles. The van der Waals surface area contributed by atoms with Gasteiger partial charge in [0.15, 0.2) is 0 Å². The molecule has 0 bridgehead atoms. The first-order chi connectivity index (χ1) is 3.47. The van der Waals surface area contributed by atoms with Crippen molar-refractivity contribution in [1.82, 2.24) is 0 Å². The molecule has 0 unspecified atom stereocenters. The number of halogens is 2. The number of fused-ring (bicyclic) bond motifs is 1. The van der Waals surface area contributed by atoms with Crippen molar-refractivity contribution in [2.24, 2.45) is 0 Å². The van der Waals surface area contributed by atoms with Crippen molar-refractivity contribution in [3.05, 3.63) is 31.4 Å². The van der Waals surface area contributed by atoms with Gasteiger partial charge in [0, 0.05) is 0 Å². The molecule has 42 valence electrons. The van der Waals surface area contributed by atoms with E-state index in [9.17, 15) is 0 Å². The Morgan fingerprint density at radius 3 is 1.88 bits per heavy atom. The molecule has 1 heterocycles. The van der Waals surface area contributed by atoms with E-state index in [2.05, 4.69) is 24.3 Å². The number of hydrogen-bond acceptors (Lipinski definition) is 0. The van der Waals surface area contributed by atoms with Gasteiger partial charge in [0.25, 0.3) is 0 Å². The molecule has 0 spiro atoms. The molecule has 8 heavy (non-hydrogen) atoms. The quantitative estimate of drug-likeness (QED) is 0.404. The van der Waals surface area contributed by atoms with Gasteiger partial charge in [-0.2, -0.15) is 0 Å². The Bertz CT molecular complexity index is 176. The number of benzene rings is 1. The maximum atomic E-state index is 2.22. The summed E-state index contributed by atoms with van der Waals surface area (Å²) in [5.41, 5.74) is 0. The summed E-state index contributed by atoms with van der Waals surface area (Å²) in [6.07, 6.45) is 0. The second-order valence-corrected chi connectivity index (χ2v) is 4.37. The van der Waals surface area contributed by atoms with Crippen molar-refractivity contribution >= 4 is 0 Å². The maximum Gasteiger partial charge on any atom is 0.368 e. The van der Waals surface area contributed by atoms with Crippen LogP contribution in [0.1, 0.15) is 0 Å². The van der Waals surface area contributed by atoms with Crippen LogP contribution in [0, 0.1) is 7.14 Å². The first-order valence-corrected chi connectivity index (χ1v) is 4.36. The van der Waals surface area contributed by atoms with Crippen LogP contribution in [0.25, 0.3) is 0 Å². The predicted molar refractivity (Wildman–Crippen MR) is 23.8 cm³/mol. The highest BCUT2D eigenvalue weighted by atomic mass is 127. The van der Waals surface area contributed by atoms with Crippen LogP contribution in [0.4, 0.5) is 0 Å². The van der Waals surface area contributed by atoms with E-state index >= 15 is 0 Å². The average molecular weight is 238 g/mol. The fourth-order valence-corrected chi connectivity index (χ4v) is 2.21. The molecule has 1 aliphatic heterocycles. The second-order valence-electron chi connectivity index (χ2n) is 1.51. The number of hydrogen-bond donors (Lipinski definition) is 0. The highest BCUT2D eigenvalue weighted by molar-refractivity contribution is 5.04. The summed E-state index contributed by atoms with van der Waals surface area (Å²) >= 11 is 0.430. The van der Waals surface area contributed by atoms with Gasteiger partial charge in [-0.3, -0.25) is 0 Å². The lowest BCUT2D eigenvalue weighted by molar-refractivity contribution is -0.474. The summed E-state index contributed by atoms with van der Waals surface area (Å²) in [7, 11) is 0. The van der Waals surface area contributed by atoms with Crippen LogP contribution in [-0.4, -0.2) is 0 Å². The van der Waals surface area contributed by atoms with Crippen LogP contribution in [0.2, 0.25) is 0 Å². The van der Waals surface area contributed by atoms with Gasteiger partial charge in [-0.25, -0.2) is 0 Å². The summed E-state index contributed by atoms with van der Waals surface area (Å²) in [6.45, 7) is 0. The summed E-state index contributed by atoms with van der Waals surface area (Å²) in [5.74, 6) is 0. The van der Waals surface area contributed by atoms with E-state index in [1.807, 2.05) is 0 Å². The minimum absolute atomic E-state index is 0. The lowest BCUT2D eigenvalue weighted by atomic mass is 10.4. The van der Waals surface area contributed by atoms with Crippen LogP contribution in [0.15, 0.2) is 24.3 Å². The first-order valence-electron chi connectivity index (χ1n) is 2.21. The molecular formula is C6H4ClI. The molecule has 0 saturated heterocycles. The van der Waals surface area contributed by atoms with E-state index in [0.717, 1.165) is 0 Å². The zero-order valence-corrected chi connectivity index (χ0v) is 6.98. The molecule has 0 fully saturated rings. The lowest BCUT2D eigenvalue weighted by Gasteiger charge is -1.59. The third-order valence-electron chi connectivity index (χ3n) is 0.992. The number of rotatable bonds is 0. The molecule has 0 amide bonds. The molecule has 0 nitrogen and oxygen atoms in total. The van der Waals surface area contributed by atoms with Crippen molar-refractivity contribution in [2.45, 2.75) is 0 Å². The van der Waals surface area contributed by atoms with Gasteiger partial charge in [-0.1, -0.05) is 12.1 Å². The van der Waals surface area contributed by atoms with E-state index in [-0.39, 0.29) is 12.4 Å².